The Morgan fingerprint density at radius 1 is 1.25 bits per heavy atom. The number of carbonyl (C=O) groups is 2. The number of aryl methyl sites for hydroxylation is 1. The summed E-state index contributed by atoms with van der Waals surface area (Å²) in [5, 5.41) is 9.02. The highest BCUT2D eigenvalue weighted by molar-refractivity contribution is 7.08. The van der Waals surface area contributed by atoms with Gasteiger partial charge >= 0.3 is 6.03 Å². The number of rotatable bonds is 2. The van der Waals surface area contributed by atoms with Crippen molar-refractivity contribution in [3.05, 3.63) is 38.8 Å². The van der Waals surface area contributed by atoms with Crippen molar-refractivity contribution in [3.8, 4) is 0 Å². The van der Waals surface area contributed by atoms with E-state index in [2.05, 4.69) is 20.2 Å². The molecule has 0 saturated carbocycles. The number of urea groups is 1. The minimum Gasteiger partial charge on any atom is -0.308 e. The second-order valence-electron chi connectivity index (χ2n) is 3.72. The highest BCUT2D eigenvalue weighted by atomic mass is 35.5. The normalized spacial score (nSPS) is 10.2. The van der Waals surface area contributed by atoms with Crippen LogP contribution in [0.1, 0.15) is 15.4 Å². The topological polar surface area (TPSA) is 84.0 Å². The molecule has 1 aromatic carbocycles. The first-order valence-electron chi connectivity index (χ1n) is 5.33. The van der Waals surface area contributed by atoms with E-state index in [1.165, 1.54) is 6.07 Å². The number of aromatic nitrogens is 2. The van der Waals surface area contributed by atoms with Crippen LogP contribution in [-0.4, -0.2) is 21.5 Å². The molecule has 0 aliphatic carbocycles. The first-order chi connectivity index (χ1) is 9.47. The molecular weight excluding hydrogens is 323 g/mol. The molecule has 1 aromatic heterocycles. The zero-order chi connectivity index (χ0) is 14.7. The largest absolute Gasteiger partial charge is 0.326 e. The van der Waals surface area contributed by atoms with Gasteiger partial charge in [-0.15, -0.1) is 5.10 Å². The Labute approximate surface area is 128 Å². The summed E-state index contributed by atoms with van der Waals surface area (Å²) >= 11 is 12.5. The molecule has 0 aliphatic heterocycles. The maximum Gasteiger partial charge on any atom is 0.326 e. The smallest absolute Gasteiger partial charge is 0.308 e. The third kappa shape index (κ3) is 3.44. The summed E-state index contributed by atoms with van der Waals surface area (Å²) in [6.07, 6.45) is 0. The van der Waals surface area contributed by atoms with Gasteiger partial charge in [-0.1, -0.05) is 27.7 Å². The highest BCUT2D eigenvalue weighted by Gasteiger charge is 2.16. The average molecular weight is 331 g/mol. The number of carbonyl (C=O) groups excluding carboxylic acids is 2. The fraction of sp³-hybridized carbons (Fsp3) is 0.0909. The van der Waals surface area contributed by atoms with Crippen LogP contribution in [0.3, 0.4) is 0 Å². The molecule has 0 atom stereocenters. The molecule has 0 aliphatic rings. The van der Waals surface area contributed by atoms with Crippen molar-refractivity contribution < 1.29 is 9.59 Å². The lowest BCUT2D eigenvalue weighted by molar-refractivity contribution is 0.0970. The maximum absolute atomic E-state index is 11.8. The van der Waals surface area contributed by atoms with E-state index in [0.717, 1.165) is 11.5 Å². The van der Waals surface area contributed by atoms with Crippen molar-refractivity contribution in [3.63, 3.8) is 0 Å². The third-order valence-corrected chi connectivity index (χ3v) is 3.83. The van der Waals surface area contributed by atoms with Crippen molar-refractivity contribution in [2.45, 2.75) is 6.92 Å². The SMILES string of the molecule is Cc1nnsc1C(=O)NC(=O)Nc1ccc(Cl)c(Cl)c1. The molecule has 6 nitrogen and oxygen atoms in total. The number of benzene rings is 1. The van der Waals surface area contributed by atoms with Crippen molar-refractivity contribution in [2.24, 2.45) is 0 Å². The standard InChI is InChI=1S/C11H8Cl2N4O2S/c1-5-9(20-17-16-5)10(18)15-11(19)14-6-2-3-7(12)8(13)4-6/h2-4H,1H3,(H2,14,15,18,19). The van der Waals surface area contributed by atoms with Gasteiger partial charge < -0.3 is 5.32 Å². The molecule has 0 fully saturated rings. The Hall–Kier alpha value is -1.70. The molecule has 104 valence electrons. The van der Waals surface area contributed by atoms with E-state index in [4.69, 9.17) is 23.2 Å². The van der Waals surface area contributed by atoms with Gasteiger partial charge in [-0.05, 0) is 36.7 Å². The van der Waals surface area contributed by atoms with Gasteiger partial charge in [0.15, 0.2) is 0 Å². The highest BCUT2D eigenvalue weighted by Crippen LogP contribution is 2.24. The van der Waals surface area contributed by atoms with Gasteiger partial charge in [0.1, 0.15) is 4.88 Å². The maximum atomic E-state index is 11.8. The number of anilines is 1. The van der Waals surface area contributed by atoms with E-state index >= 15 is 0 Å². The molecule has 20 heavy (non-hydrogen) atoms. The van der Waals surface area contributed by atoms with Crippen molar-refractivity contribution in [1.29, 1.82) is 0 Å². The van der Waals surface area contributed by atoms with Crippen LogP contribution in [0.2, 0.25) is 10.0 Å². The number of halogens is 2. The summed E-state index contributed by atoms with van der Waals surface area (Å²) in [4.78, 5) is 23.7. The van der Waals surface area contributed by atoms with Crippen molar-refractivity contribution in [1.82, 2.24) is 14.9 Å². The predicted molar refractivity (Wildman–Crippen MR) is 77.6 cm³/mol. The Bertz CT molecular complexity index is 674. The lowest BCUT2D eigenvalue weighted by Crippen LogP contribution is -2.34. The molecule has 3 amide bonds. The predicted octanol–water partition coefficient (Wildman–Crippen LogP) is 3.12. The number of nitrogens with zero attached hydrogens (tertiary/aromatic N) is 2. The number of hydrogen-bond donors (Lipinski definition) is 2. The van der Waals surface area contributed by atoms with Crippen molar-refractivity contribution >= 4 is 52.4 Å². The fourth-order valence-corrected chi connectivity index (χ4v) is 2.19. The van der Waals surface area contributed by atoms with Crippen LogP contribution in [0.25, 0.3) is 0 Å². The van der Waals surface area contributed by atoms with E-state index in [0.29, 0.717) is 21.4 Å². The molecule has 0 saturated heterocycles. The van der Waals surface area contributed by atoms with Crippen LogP contribution in [0.4, 0.5) is 10.5 Å². The summed E-state index contributed by atoms with van der Waals surface area (Å²) in [7, 11) is 0. The fourth-order valence-electron chi connectivity index (χ4n) is 1.34. The van der Waals surface area contributed by atoms with Gasteiger partial charge in [0.2, 0.25) is 0 Å². The minimum absolute atomic E-state index is 0.286. The van der Waals surface area contributed by atoms with E-state index in [9.17, 15) is 9.59 Å². The number of imide groups is 1. The van der Waals surface area contributed by atoms with E-state index in [1.54, 1.807) is 19.1 Å². The van der Waals surface area contributed by atoms with Gasteiger partial charge in [-0.25, -0.2) is 4.79 Å². The lowest BCUT2D eigenvalue weighted by atomic mass is 10.3. The molecule has 0 spiro atoms. The Balaban J connectivity index is 2.00. The first kappa shape index (κ1) is 14.7. The Morgan fingerprint density at radius 3 is 2.60 bits per heavy atom. The Kier molecular flexibility index (Phi) is 4.53. The Morgan fingerprint density at radius 2 is 2.00 bits per heavy atom. The van der Waals surface area contributed by atoms with Gasteiger partial charge in [0.25, 0.3) is 5.91 Å². The summed E-state index contributed by atoms with van der Waals surface area (Å²) in [6, 6.07) is 3.91. The van der Waals surface area contributed by atoms with E-state index in [-0.39, 0.29) is 4.88 Å². The number of amides is 3. The monoisotopic (exact) mass is 330 g/mol. The van der Waals surface area contributed by atoms with E-state index < -0.39 is 11.9 Å². The zero-order valence-electron chi connectivity index (χ0n) is 10.1. The first-order valence-corrected chi connectivity index (χ1v) is 6.86. The minimum atomic E-state index is -0.679. The number of hydrogen-bond acceptors (Lipinski definition) is 5. The van der Waals surface area contributed by atoms with Crippen LogP contribution >= 0.6 is 34.7 Å². The molecule has 2 rings (SSSR count). The third-order valence-electron chi connectivity index (χ3n) is 2.26. The van der Waals surface area contributed by atoms with Gasteiger partial charge in [-0.3, -0.25) is 10.1 Å². The molecule has 0 bridgehead atoms. The molecule has 2 N–H and O–H groups in total. The lowest BCUT2D eigenvalue weighted by Gasteiger charge is -2.06. The quantitative estimate of drug-likeness (QED) is 0.885. The molecule has 0 radical (unpaired) electrons. The van der Waals surface area contributed by atoms with Crippen LogP contribution in [0.15, 0.2) is 18.2 Å². The molecule has 9 heteroatoms. The second kappa shape index (κ2) is 6.17. The van der Waals surface area contributed by atoms with E-state index in [1.807, 2.05) is 0 Å². The molecule has 1 heterocycles. The molecule has 2 aromatic rings. The van der Waals surface area contributed by atoms with Crippen LogP contribution in [0.5, 0.6) is 0 Å². The van der Waals surface area contributed by atoms with Gasteiger partial charge in [0, 0.05) is 5.69 Å². The summed E-state index contributed by atoms with van der Waals surface area (Å²) in [5.74, 6) is -0.560. The van der Waals surface area contributed by atoms with Crippen molar-refractivity contribution in [2.75, 3.05) is 5.32 Å². The zero-order valence-corrected chi connectivity index (χ0v) is 12.4. The van der Waals surface area contributed by atoms with Crippen LogP contribution < -0.4 is 10.6 Å². The summed E-state index contributed by atoms with van der Waals surface area (Å²) < 4.78 is 3.62. The van der Waals surface area contributed by atoms with Gasteiger partial charge in [-0.2, -0.15) is 0 Å². The second-order valence-corrected chi connectivity index (χ2v) is 5.29. The summed E-state index contributed by atoms with van der Waals surface area (Å²) in [5.41, 5.74) is 0.888. The average Bonchev–Trinajstić information content (AvgIpc) is 2.80. The molecule has 0 unspecified atom stereocenters. The summed E-state index contributed by atoms with van der Waals surface area (Å²) in [6.45, 7) is 1.63. The van der Waals surface area contributed by atoms with Crippen LogP contribution in [0, 0.1) is 6.92 Å². The molecular formula is C11H8Cl2N4O2S. The number of nitrogens with one attached hydrogen (secondary N) is 2. The van der Waals surface area contributed by atoms with Gasteiger partial charge in [0.05, 0.1) is 15.7 Å². The van der Waals surface area contributed by atoms with Crippen LogP contribution in [-0.2, 0) is 0 Å².